The van der Waals surface area contributed by atoms with Crippen LogP contribution in [0.15, 0.2) is 0 Å². The van der Waals surface area contributed by atoms with E-state index in [1.165, 1.54) is 0 Å². The van der Waals surface area contributed by atoms with Crippen molar-refractivity contribution in [1.82, 2.24) is 0 Å². The molecule has 2 fully saturated rings. The molecule has 0 radical (unpaired) electrons. The molecule has 0 aromatic rings. The van der Waals surface area contributed by atoms with Gasteiger partial charge in [-0.15, -0.1) is 0 Å². The van der Waals surface area contributed by atoms with Crippen LogP contribution in [0.5, 0.6) is 0 Å². The summed E-state index contributed by atoms with van der Waals surface area (Å²) in [6.45, 7) is 2.04. The minimum Gasteiger partial charge on any atom is -0.389 e. The van der Waals surface area contributed by atoms with E-state index in [0.717, 1.165) is 38.7 Å². The lowest BCUT2D eigenvalue weighted by molar-refractivity contribution is -0.181. The van der Waals surface area contributed by atoms with Crippen molar-refractivity contribution in [2.45, 2.75) is 37.7 Å². The number of aliphatic hydroxyl groups is 1. The fraction of sp³-hybridized carbons (Fsp3) is 1.00. The van der Waals surface area contributed by atoms with Gasteiger partial charge < -0.3 is 15.6 Å². The van der Waals surface area contributed by atoms with Crippen molar-refractivity contribution < 1.29 is 9.84 Å². The highest BCUT2D eigenvalue weighted by molar-refractivity contribution is 5.05. The van der Waals surface area contributed by atoms with Gasteiger partial charge in [0.15, 0.2) is 0 Å². The van der Waals surface area contributed by atoms with Gasteiger partial charge in [-0.25, -0.2) is 0 Å². The smallest absolute Gasteiger partial charge is 0.0737 e. The largest absolute Gasteiger partial charge is 0.389 e. The van der Waals surface area contributed by atoms with Gasteiger partial charge in [0.05, 0.1) is 12.2 Å². The number of hydrogen-bond acceptors (Lipinski definition) is 3. The third-order valence-corrected chi connectivity index (χ3v) is 3.88. The third-order valence-electron chi connectivity index (χ3n) is 3.88. The summed E-state index contributed by atoms with van der Waals surface area (Å²) in [4.78, 5) is 0. The molecule has 2 aliphatic rings. The summed E-state index contributed by atoms with van der Waals surface area (Å²) in [7, 11) is 0. The Bertz CT molecular complexity index is 183. The monoisotopic (exact) mass is 185 g/mol. The van der Waals surface area contributed by atoms with Crippen molar-refractivity contribution >= 4 is 0 Å². The molecular formula is C10H19NO2. The number of nitrogens with two attached hydrogens (primary N) is 1. The zero-order valence-electron chi connectivity index (χ0n) is 8.09. The van der Waals surface area contributed by atoms with Gasteiger partial charge in [0, 0.05) is 18.6 Å². The van der Waals surface area contributed by atoms with E-state index in [0.29, 0.717) is 13.2 Å². The van der Waals surface area contributed by atoms with Gasteiger partial charge in [-0.2, -0.15) is 0 Å². The summed E-state index contributed by atoms with van der Waals surface area (Å²) in [5.41, 5.74) is 5.15. The first-order valence-corrected chi connectivity index (χ1v) is 5.23. The molecule has 1 heterocycles. The van der Waals surface area contributed by atoms with E-state index in [1.54, 1.807) is 0 Å². The van der Waals surface area contributed by atoms with E-state index >= 15 is 0 Å². The molecule has 3 heteroatoms. The molecule has 13 heavy (non-hydrogen) atoms. The van der Waals surface area contributed by atoms with Crippen LogP contribution in [0, 0.1) is 5.41 Å². The van der Waals surface area contributed by atoms with E-state index in [1.807, 2.05) is 0 Å². The van der Waals surface area contributed by atoms with E-state index in [-0.39, 0.29) is 5.41 Å². The molecule has 1 aliphatic carbocycles. The summed E-state index contributed by atoms with van der Waals surface area (Å²) < 4.78 is 5.46. The SMILES string of the molecule is NCC1(C2(O)CCC2)CCCOC1. The quantitative estimate of drug-likeness (QED) is 0.664. The van der Waals surface area contributed by atoms with Crippen LogP contribution in [-0.2, 0) is 4.74 Å². The van der Waals surface area contributed by atoms with E-state index in [2.05, 4.69) is 0 Å². The molecule has 3 nitrogen and oxygen atoms in total. The Labute approximate surface area is 79.3 Å². The van der Waals surface area contributed by atoms with Crippen molar-refractivity contribution in [3.8, 4) is 0 Å². The van der Waals surface area contributed by atoms with E-state index < -0.39 is 5.60 Å². The Balaban J connectivity index is 2.12. The number of hydrogen-bond donors (Lipinski definition) is 2. The molecule has 3 N–H and O–H groups in total. The van der Waals surface area contributed by atoms with Crippen LogP contribution in [0.4, 0.5) is 0 Å². The second-order valence-electron chi connectivity index (χ2n) is 4.53. The van der Waals surface area contributed by atoms with Crippen LogP contribution in [0.2, 0.25) is 0 Å². The third kappa shape index (κ3) is 1.30. The maximum absolute atomic E-state index is 10.3. The molecule has 1 saturated carbocycles. The lowest BCUT2D eigenvalue weighted by Crippen LogP contribution is -2.60. The highest BCUT2D eigenvalue weighted by Crippen LogP contribution is 2.49. The van der Waals surface area contributed by atoms with Gasteiger partial charge >= 0.3 is 0 Å². The van der Waals surface area contributed by atoms with Crippen LogP contribution in [-0.4, -0.2) is 30.5 Å². The molecule has 0 spiro atoms. The topological polar surface area (TPSA) is 55.5 Å². The van der Waals surface area contributed by atoms with Gasteiger partial charge in [0.2, 0.25) is 0 Å². The van der Waals surface area contributed by atoms with Crippen molar-refractivity contribution in [2.24, 2.45) is 11.1 Å². The molecule has 2 rings (SSSR count). The minimum atomic E-state index is -0.512. The lowest BCUT2D eigenvalue weighted by Gasteiger charge is -2.53. The van der Waals surface area contributed by atoms with Crippen LogP contribution in [0.25, 0.3) is 0 Å². The van der Waals surface area contributed by atoms with Gasteiger partial charge in [-0.05, 0) is 32.1 Å². The molecule has 1 atom stereocenters. The van der Waals surface area contributed by atoms with Crippen LogP contribution >= 0.6 is 0 Å². The number of rotatable bonds is 2. The Morgan fingerprint density at radius 3 is 2.38 bits per heavy atom. The molecule has 1 aliphatic heterocycles. The molecule has 1 saturated heterocycles. The maximum Gasteiger partial charge on any atom is 0.0737 e. The zero-order chi connectivity index (χ0) is 9.36. The van der Waals surface area contributed by atoms with Crippen molar-refractivity contribution in [3.63, 3.8) is 0 Å². The average molecular weight is 185 g/mol. The minimum absolute atomic E-state index is 0.135. The molecule has 1 unspecified atom stereocenters. The van der Waals surface area contributed by atoms with Crippen molar-refractivity contribution in [1.29, 1.82) is 0 Å². The molecule has 0 amide bonds. The molecule has 0 aromatic heterocycles. The summed E-state index contributed by atoms with van der Waals surface area (Å²) in [5.74, 6) is 0. The predicted molar refractivity (Wildman–Crippen MR) is 50.3 cm³/mol. The fourth-order valence-electron chi connectivity index (χ4n) is 2.61. The highest BCUT2D eigenvalue weighted by atomic mass is 16.5. The summed E-state index contributed by atoms with van der Waals surface area (Å²) in [6, 6.07) is 0. The Hall–Kier alpha value is -0.120. The van der Waals surface area contributed by atoms with Crippen LogP contribution in [0.3, 0.4) is 0 Å². The second kappa shape index (κ2) is 3.23. The summed E-state index contributed by atoms with van der Waals surface area (Å²) in [5, 5.41) is 10.3. The van der Waals surface area contributed by atoms with Crippen LogP contribution in [0.1, 0.15) is 32.1 Å². The second-order valence-corrected chi connectivity index (χ2v) is 4.53. The lowest BCUT2D eigenvalue weighted by atomic mass is 9.59. The molecule has 0 bridgehead atoms. The van der Waals surface area contributed by atoms with Gasteiger partial charge in [0.25, 0.3) is 0 Å². The van der Waals surface area contributed by atoms with E-state index in [4.69, 9.17) is 10.5 Å². The predicted octanol–water partition coefficient (Wildman–Crippen LogP) is 0.657. The Morgan fingerprint density at radius 1 is 1.23 bits per heavy atom. The fourth-order valence-corrected chi connectivity index (χ4v) is 2.61. The maximum atomic E-state index is 10.3. The van der Waals surface area contributed by atoms with Gasteiger partial charge in [-0.3, -0.25) is 0 Å². The first kappa shape index (κ1) is 9.44. The normalized spacial score (nSPS) is 38.3. The molecule has 0 aromatic carbocycles. The van der Waals surface area contributed by atoms with Gasteiger partial charge in [-0.1, -0.05) is 0 Å². The summed E-state index contributed by atoms with van der Waals surface area (Å²) in [6.07, 6.45) is 5.03. The highest BCUT2D eigenvalue weighted by Gasteiger charge is 2.53. The average Bonchev–Trinajstić information content (AvgIpc) is 2.15. The van der Waals surface area contributed by atoms with Crippen molar-refractivity contribution in [2.75, 3.05) is 19.8 Å². The molecule has 76 valence electrons. The molecular weight excluding hydrogens is 166 g/mol. The zero-order valence-corrected chi connectivity index (χ0v) is 8.09. The first-order chi connectivity index (χ1) is 6.22. The number of ether oxygens (including phenoxy) is 1. The Morgan fingerprint density at radius 2 is 2.00 bits per heavy atom. The van der Waals surface area contributed by atoms with E-state index in [9.17, 15) is 5.11 Å². The standard InChI is InChI=1S/C10H19NO2/c11-7-9(3-2-6-13-8-9)10(12)4-1-5-10/h12H,1-8,11H2. The summed E-state index contributed by atoms with van der Waals surface area (Å²) >= 11 is 0. The van der Waals surface area contributed by atoms with Gasteiger partial charge in [0.1, 0.15) is 0 Å². The van der Waals surface area contributed by atoms with Crippen LogP contribution < -0.4 is 5.73 Å². The Kier molecular flexibility index (Phi) is 2.34. The first-order valence-electron chi connectivity index (χ1n) is 5.23. The van der Waals surface area contributed by atoms with Crippen molar-refractivity contribution in [3.05, 3.63) is 0 Å².